The number of nitrogens with zero attached hydrogens (tertiary/aromatic N) is 3. The van der Waals surface area contributed by atoms with Crippen molar-refractivity contribution >= 4 is 11.7 Å². The van der Waals surface area contributed by atoms with Crippen molar-refractivity contribution in [1.29, 1.82) is 0 Å². The second-order valence-corrected chi connectivity index (χ2v) is 5.35. The number of aromatic nitrogens is 3. The molecule has 110 valence electrons. The number of carbonyl (C=O) groups is 1. The molecular weight excluding hydrogens is 266 g/mol. The first-order valence-corrected chi connectivity index (χ1v) is 7.17. The summed E-state index contributed by atoms with van der Waals surface area (Å²) in [5, 5.41) is 10.5. The van der Waals surface area contributed by atoms with E-state index in [1.807, 2.05) is 37.4 Å². The van der Waals surface area contributed by atoms with E-state index in [4.69, 9.17) is 0 Å². The molecule has 1 aliphatic rings. The Balaban J connectivity index is 1.88. The summed E-state index contributed by atoms with van der Waals surface area (Å²) in [6.07, 6.45) is 5.00. The van der Waals surface area contributed by atoms with Gasteiger partial charge in [-0.2, -0.15) is 5.10 Å². The van der Waals surface area contributed by atoms with Crippen LogP contribution < -0.4 is 10.6 Å². The Hall–Kier alpha value is -2.21. The number of piperidine rings is 1. The lowest BCUT2D eigenvalue weighted by atomic mass is 9.87. The number of amides is 1. The number of pyridine rings is 1. The minimum atomic E-state index is -0.639. The summed E-state index contributed by atoms with van der Waals surface area (Å²) >= 11 is 0. The fourth-order valence-corrected chi connectivity index (χ4v) is 2.77. The summed E-state index contributed by atoms with van der Waals surface area (Å²) < 4.78 is 1.78. The normalized spacial score (nSPS) is 17.4. The molecular formula is C15H19N5O. The highest BCUT2D eigenvalue weighted by Crippen LogP contribution is 2.28. The van der Waals surface area contributed by atoms with Crippen LogP contribution in [0.25, 0.3) is 0 Å². The molecule has 6 heteroatoms. The van der Waals surface area contributed by atoms with E-state index in [-0.39, 0.29) is 5.91 Å². The van der Waals surface area contributed by atoms with Crippen LogP contribution in [-0.4, -0.2) is 33.8 Å². The fraction of sp³-hybridized carbons (Fsp3) is 0.400. The van der Waals surface area contributed by atoms with Gasteiger partial charge in [0.15, 0.2) is 0 Å². The van der Waals surface area contributed by atoms with Gasteiger partial charge in [0.2, 0.25) is 0 Å². The zero-order chi connectivity index (χ0) is 14.7. The third-order valence-corrected chi connectivity index (χ3v) is 3.93. The van der Waals surface area contributed by atoms with Crippen molar-refractivity contribution in [2.75, 3.05) is 18.4 Å². The van der Waals surface area contributed by atoms with Gasteiger partial charge >= 0.3 is 0 Å². The van der Waals surface area contributed by atoms with Gasteiger partial charge in [-0.25, -0.2) is 4.98 Å². The lowest BCUT2D eigenvalue weighted by molar-refractivity contribution is -0.126. The number of anilines is 1. The predicted molar refractivity (Wildman–Crippen MR) is 79.9 cm³/mol. The van der Waals surface area contributed by atoms with Crippen LogP contribution in [0.3, 0.4) is 0 Å². The van der Waals surface area contributed by atoms with Crippen molar-refractivity contribution in [1.82, 2.24) is 20.1 Å². The third kappa shape index (κ3) is 2.67. The van der Waals surface area contributed by atoms with Crippen molar-refractivity contribution in [3.63, 3.8) is 0 Å². The Morgan fingerprint density at radius 2 is 2.14 bits per heavy atom. The summed E-state index contributed by atoms with van der Waals surface area (Å²) in [5.41, 5.74) is 0.242. The van der Waals surface area contributed by atoms with Crippen molar-refractivity contribution < 1.29 is 4.79 Å². The van der Waals surface area contributed by atoms with Gasteiger partial charge in [-0.15, -0.1) is 0 Å². The van der Waals surface area contributed by atoms with Gasteiger partial charge in [0, 0.05) is 18.1 Å². The molecule has 0 unspecified atom stereocenters. The van der Waals surface area contributed by atoms with Gasteiger partial charge in [0.25, 0.3) is 5.91 Å². The summed E-state index contributed by atoms with van der Waals surface area (Å²) in [6, 6.07) is 7.45. The monoisotopic (exact) mass is 285 g/mol. The average molecular weight is 285 g/mol. The second-order valence-electron chi connectivity index (χ2n) is 5.35. The first-order valence-electron chi connectivity index (χ1n) is 7.17. The molecule has 2 aromatic rings. The van der Waals surface area contributed by atoms with Gasteiger partial charge < -0.3 is 10.6 Å². The standard InChI is InChI=1S/C15H19N5O/c1-12-4-2-5-13(18-12)19-14(21)15(6-9-16-10-7-15)20-11-3-8-17-20/h2-5,8,11,16H,6-7,9-10H2,1H3,(H,18,19,21). The molecule has 0 bridgehead atoms. The van der Waals surface area contributed by atoms with E-state index in [0.717, 1.165) is 18.8 Å². The SMILES string of the molecule is Cc1cccc(NC(=O)C2(n3cccn3)CCNCC2)n1. The summed E-state index contributed by atoms with van der Waals surface area (Å²) in [6.45, 7) is 3.51. The molecule has 2 N–H and O–H groups in total. The van der Waals surface area contributed by atoms with Crippen LogP contribution in [0.15, 0.2) is 36.7 Å². The molecule has 0 aromatic carbocycles. The van der Waals surface area contributed by atoms with Crippen LogP contribution in [-0.2, 0) is 10.3 Å². The first-order chi connectivity index (χ1) is 10.2. The van der Waals surface area contributed by atoms with Crippen LogP contribution in [0.1, 0.15) is 18.5 Å². The predicted octanol–water partition coefficient (Wildman–Crippen LogP) is 1.30. The number of nitrogens with one attached hydrogen (secondary N) is 2. The first kappa shape index (κ1) is 13.8. The fourth-order valence-electron chi connectivity index (χ4n) is 2.77. The highest BCUT2D eigenvalue weighted by Gasteiger charge is 2.42. The highest BCUT2D eigenvalue weighted by molar-refractivity contribution is 5.96. The van der Waals surface area contributed by atoms with Crippen LogP contribution in [0.2, 0.25) is 0 Å². The molecule has 0 aliphatic carbocycles. The Bertz CT molecular complexity index is 617. The van der Waals surface area contributed by atoms with Crippen LogP contribution in [0, 0.1) is 6.92 Å². The maximum absolute atomic E-state index is 12.9. The van der Waals surface area contributed by atoms with Gasteiger partial charge in [-0.05, 0) is 51.1 Å². The Morgan fingerprint density at radius 3 is 2.81 bits per heavy atom. The summed E-state index contributed by atoms with van der Waals surface area (Å²) in [7, 11) is 0. The maximum atomic E-state index is 12.9. The number of carbonyl (C=O) groups excluding carboxylic acids is 1. The molecule has 1 aliphatic heterocycles. The summed E-state index contributed by atoms with van der Waals surface area (Å²) in [4.78, 5) is 17.2. The third-order valence-electron chi connectivity index (χ3n) is 3.93. The summed E-state index contributed by atoms with van der Waals surface area (Å²) in [5.74, 6) is 0.538. The van der Waals surface area contributed by atoms with Crippen molar-refractivity contribution in [2.45, 2.75) is 25.3 Å². The van der Waals surface area contributed by atoms with Crippen LogP contribution in [0.4, 0.5) is 5.82 Å². The Kier molecular flexibility index (Phi) is 3.70. The van der Waals surface area contributed by atoms with Crippen molar-refractivity contribution in [2.24, 2.45) is 0 Å². The molecule has 3 rings (SSSR count). The molecule has 0 saturated carbocycles. The van der Waals surface area contributed by atoms with Crippen molar-refractivity contribution in [3.05, 3.63) is 42.4 Å². The Labute approximate surface area is 123 Å². The second kappa shape index (κ2) is 5.65. The molecule has 1 amide bonds. The highest BCUT2D eigenvalue weighted by atomic mass is 16.2. The number of rotatable bonds is 3. The number of hydrogen-bond acceptors (Lipinski definition) is 4. The number of aryl methyl sites for hydroxylation is 1. The van der Waals surface area contributed by atoms with E-state index in [9.17, 15) is 4.79 Å². The van der Waals surface area contributed by atoms with Gasteiger partial charge in [-0.3, -0.25) is 9.48 Å². The topological polar surface area (TPSA) is 71.8 Å². The molecule has 2 aromatic heterocycles. The molecule has 1 fully saturated rings. The van der Waals surface area contributed by atoms with E-state index < -0.39 is 5.54 Å². The molecule has 6 nitrogen and oxygen atoms in total. The molecule has 21 heavy (non-hydrogen) atoms. The average Bonchev–Trinajstić information content (AvgIpc) is 3.02. The molecule has 0 spiro atoms. The zero-order valence-electron chi connectivity index (χ0n) is 12.0. The lowest BCUT2D eigenvalue weighted by Crippen LogP contribution is -2.52. The van der Waals surface area contributed by atoms with E-state index in [0.29, 0.717) is 18.7 Å². The van der Waals surface area contributed by atoms with Gasteiger partial charge in [0.1, 0.15) is 11.4 Å². The van der Waals surface area contributed by atoms with E-state index in [1.165, 1.54) is 0 Å². The van der Waals surface area contributed by atoms with Crippen LogP contribution in [0.5, 0.6) is 0 Å². The maximum Gasteiger partial charge on any atom is 0.253 e. The minimum Gasteiger partial charge on any atom is -0.317 e. The lowest BCUT2D eigenvalue weighted by Gasteiger charge is -2.36. The molecule has 1 saturated heterocycles. The minimum absolute atomic E-state index is 0.0502. The van der Waals surface area contributed by atoms with E-state index >= 15 is 0 Å². The van der Waals surface area contributed by atoms with Crippen molar-refractivity contribution in [3.8, 4) is 0 Å². The Morgan fingerprint density at radius 1 is 1.33 bits per heavy atom. The van der Waals surface area contributed by atoms with Gasteiger partial charge in [0.05, 0.1) is 0 Å². The largest absolute Gasteiger partial charge is 0.317 e. The van der Waals surface area contributed by atoms with Gasteiger partial charge in [-0.1, -0.05) is 6.07 Å². The van der Waals surface area contributed by atoms with E-state index in [1.54, 1.807) is 10.9 Å². The zero-order valence-corrected chi connectivity index (χ0v) is 12.0. The molecule has 3 heterocycles. The number of hydrogen-bond donors (Lipinski definition) is 2. The molecule has 0 radical (unpaired) electrons. The smallest absolute Gasteiger partial charge is 0.253 e. The quantitative estimate of drug-likeness (QED) is 0.892. The molecule has 0 atom stereocenters. The van der Waals surface area contributed by atoms with E-state index in [2.05, 4.69) is 20.7 Å². The van der Waals surface area contributed by atoms with Crippen LogP contribution >= 0.6 is 0 Å².